The van der Waals surface area contributed by atoms with Crippen molar-refractivity contribution in [1.82, 2.24) is 15.0 Å². The summed E-state index contributed by atoms with van der Waals surface area (Å²) < 4.78 is 0. The van der Waals surface area contributed by atoms with Gasteiger partial charge in [-0.05, 0) is 151 Å². The lowest BCUT2D eigenvalue weighted by atomic mass is 10.0. The topological polar surface area (TPSA) is 64.0 Å². The van der Waals surface area contributed by atoms with E-state index in [2.05, 4.69) is 225 Å². The standard InChI is InChI=1S/C54H50N8/c1-10-45(25-34(2)55-9)59-49-23-21-43(41-17-13-11-14-18-41)32-51(49)61(47-28-37(5)57-38(6)29-47)53(59)54-60(46-26-35(3)56-36(4)27-46)50-24-22-44(42-19-15-12-16-20-42)33-52(50)62(54)48-30-39(7)58-40(8)31-48/h10-33H,9H2,1-8H3/b34-25-,45-10+,54-53+. The fourth-order valence-electron chi connectivity index (χ4n) is 8.87. The van der Waals surface area contributed by atoms with Gasteiger partial charge in [-0.3, -0.25) is 39.5 Å². The van der Waals surface area contributed by atoms with E-state index in [4.69, 9.17) is 15.0 Å². The molecule has 8 heteroatoms. The number of hydrogen-bond donors (Lipinski definition) is 0. The Morgan fingerprint density at radius 3 is 1.27 bits per heavy atom. The number of hydrogen-bond acceptors (Lipinski definition) is 8. The lowest BCUT2D eigenvalue weighted by Crippen LogP contribution is -2.35. The summed E-state index contributed by atoms with van der Waals surface area (Å²) in [6.45, 7) is 20.4. The van der Waals surface area contributed by atoms with Gasteiger partial charge >= 0.3 is 0 Å². The maximum atomic E-state index is 4.88. The first-order valence-electron chi connectivity index (χ1n) is 21.0. The molecule has 306 valence electrons. The number of aryl methyl sites for hydroxylation is 6. The molecule has 5 heterocycles. The summed E-state index contributed by atoms with van der Waals surface area (Å²) in [5, 5.41) is 0. The van der Waals surface area contributed by atoms with Crippen molar-refractivity contribution in [2.75, 3.05) is 19.6 Å². The number of aromatic nitrogens is 3. The van der Waals surface area contributed by atoms with Crippen LogP contribution in [0.25, 0.3) is 22.3 Å². The van der Waals surface area contributed by atoms with E-state index in [1.54, 1.807) is 0 Å². The number of benzene rings is 4. The molecule has 3 aromatic heterocycles. The summed E-state index contributed by atoms with van der Waals surface area (Å²) in [4.78, 5) is 28.6. The molecule has 0 unspecified atom stereocenters. The molecule has 2 aliphatic rings. The molecule has 0 aliphatic carbocycles. The molecule has 0 amide bonds. The summed E-state index contributed by atoms with van der Waals surface area (Å²) in [5.74, 6) is 1.86. The van der Waals surface area contributed by atoms with E-state index in [1.165, 1.54) is 0 Å². The minimum atomic E-state index is 0.802. The molecule has 0 spiro atoms. The first kappa shape index (κ1) is 39.9. The summed E-state index contributed by atoms with van der Waals surface area (Å²) in [7, 11) is 0. The van der Waals surface area contributed by atoms with Crippen molar-refractivity contribution in [1.29, 1.82) is 0 Å². The molecule has 0 saturated carbocycles. The van der Waals surface area contributed by atoms with E-state index in [0.717, 1.165) is 119 Å². The summed E-state index contributed by atoms with van der Waals surface area (Å²) in [6, 6.07) is 47.9. The van der Waals surface area contributed by atoms with Crippen LogP contribution in [0.15, 0.2) is 174 Å². The largest absolute Gasteiger partial charge is 0.291 e. The maximum absolute atomic E-state index is 4.88. The van der Waals surface area contributed by atoms with E-state index in [-0.39, 0.29) is 0 Å². The number of aliphatic imine (C=N–C) groups is 1. The smallest absolute Gasteiger partial charge is 0.166 e. The average molecular weight is 811 g/mol. The summed E-state index contributed by atoms with van der Waals surface area (Å²) >= 11 is 0. The van der Waals surface area contributed by atoms with Crippen LogP contribution >= 0.6 is 0 Å². The van der Waals surface area contributed by atoms with Crippen molar-refractivity contribution < 1.29 is 0 Å². The molecular weight excluding hydrogens is 761 g/mol. The van der Waals surface area contributed by atoms with Gasteiger partial charge in [0.1, 0.15) is 0 Å². The Morgan fingerprint density at radius 1 is 0.468 bits per heavy atom. The highest BCUT2D eigenvalue weighted by Crippen LogP contribution is 2.57. The van der Waals surface area contributed by atoms with Crippen LogP contribution in [0.3, 0.4) is 0 Å². The van der Waals surface area contributed by atoms with Gasteiger partial charge < -0.3 is 0 Å². The lowest BCUT2D eigenvalue weighted by Gasteiger charge is -2.35. The van der Waals surface area contributed by atoms with E-state index in [1.807, 2.05) is 6.92 Å². The van der Waals surface area contributed by atoms with Crippen LogP contribution in [-0.2, 0) is 0 Å². The molecule has 0 bridgehead atoms. The van der Waals surface area contributed by atoms with E-state index in [9.17, 15) is 0 Å². The zero-order chi connectivity index (χ0) is 43.2. The minimum absolute atomic E-state index is 0.802. The van der Waals surface area contributed by atoms with Crippen LogP contribution in [0.5, 0.6) is 0 Å². The molecule has 0 atom stereocenters. The van der Waals surface area contributed by atoms with Crippen molar-refractivity contribution in [2.45, 2.75) is 55.4 Å². The quantitative estimate of drug-likeness (QED) is 0.112. The molecule has 0 N–H and O–H groups in total. The molecule has 7 aromatic rings. The first-order chi connectivity index (χ1) is 30.0. The van der Waals surface area contributed by atoms with Gasteiger partial charge in [-0.15, -0.1) is 0 Å². The Hall–Kier alpha value is -7.58. The van der Waals surface area contributed by atoms with Gasteiger partial charge in [0, 0.05) is 45.6 Å². The summed E-state index contributed by atoms with van der Waals surface area (Å²) in [5.41, 5.74) is 19.0. The zero-order valence-corrected chi connectivity index (χ0v) is 36.6. The van der Waals surface area contributed by atoms with Gasteiger partial charge in [0.05, 0.1) is 39.8 Å². The van der Waals surface area contributed by atoms with Crippen LogP contribution < -0.4 is 19.6 Å². The molecule has 0 saturated heterocycles. The monoisotopic (exact) mass is 810 g/mol. The minimum Gasteiger partial charge on any atom is -0.291 e. The average Bonchev–Trinajstić information content (AvgIpc) is 3.77. The van der Waals surface area contributed by atoms with Crippen LogP contribution in [0.4, 0.5) is 39.8 Å². The lowest BCUT2D eigenvalue weighted by molar-refractivity contribution is 0.973. The van der Waals surface area contributed by atoms with E-state index >= 15 is 0 Å². The molecule has 4 aromatic carbocycles. The molecule has 2 aliphatic heterocycles. The van der Waals surface area contributed by atoms with Crippen molar-refractivity contribution in [3.8, 4) is 22.3 Å². The number of pyridine rings is 3. The van der Waals surface area contributed by atoms with Crippen LogP contribution in [0.1, 0.15) is 48.0 Å². The molecule has 0 fully saturated rings. The van der Waals surface area contributed by atoms with Crippen LogP contribution in [-0.4, -0.2) is 21.7 Å². The molecule has 0 radical (unpaired) electrons. The molecular formula is C54H50N8. The SMILES string of the molecule is C=N/C(C)=C\C(=C/C)N1/C(=C2/N(c3cc(C)nc(C)c3)c3ccc(-c4ccccc4)cc3N2c2cc(C)nc(C)c2)N(c2cc(C)nc(C)c2)c2cc(-c3ccccc3)ccc21. The molecule has 62 heavy (non-hydrogen) atoms. The first-order valence-corrected chi connectivity index (χ1v) is 21.0. The Morgan fingerprint density at radius 2 is 0.855 bits per heavy atom. The van der Waals surface area contributed by atoms with Crippen molar-refractivity contribution >= 4 is 46.5 Å². The van der Waals surface area contributed by atoms with Gasteiger partial charge in [0.25, 0.3) is 0 Å². The normalized spacial score (nSPS) is 15.0. The van der Waals surface area contributed by atoms with E-state index < -0.39 is 0 Å². The third kappa shape index (κ3) is 7.23. The highest BCUT2D eigenvalue weighted by atomic mass is 15.5. The highest BCUT2D eigenvalue weighted by molar-refractivity contribution is 6.01. The fourth-order valence-corrected chi connectivity index (χ4v) is 8.87. The number of rotatable bonds is 8. The second-order valence-electron chi connectivity index (χ2n) is 16.1. The summed E-state index contributed by atoms with van der Waals surface area (Å²) in [6.07, 6.45) is 4.27. The van der Waals surface area contributed by atoms with Gasteiger partial charge in [0.2, 0.25) is 0 Å². The Balaban J connectivity index is 1.48. The highest BCUT2D eigenvalue weighted by Gasteiger charge is 2.45. The number of allylic oxidation sites excluding steroid dienone is 3. The molecule has 8 nitrogen and oxygen atoms in total. The third-order valence-corrected chi connectivity index (χ3v) is 11.3. The van der Waals surface area contributed by atoms with Crippen molar-refractivity contribution in [3.05, 3.63) is 203 Å². The Labute approximate surface area is 365 Å². The number of fused-ring (bicyclic) bond motifs is 2. The third-order valence-electron chi connectivity index (χ3n) is 11.3. The number of nitrogens with zero attached hydrogens (tertiary/aromatic N) is 8. The van der Waals surface area contributed by atoms with Gasteiger partial charge in [-0.25, -0.2) is 0 Å². The second kappa shape index (κ2) is 16.1. The van der Waals surface area contributed by atoms with E-state index in [0.29, 0.717) is 0 Å². The van der Waals surface area contributed by atoms with Crippen LogP contribution in [0, 0.1) is 41.5 Å². The number of anilines is 7. The predicted molar refractivity (Wildman–Crippen MR) is 258 cm³/mol. The van der Waals surface area contributed by atoms with Gasteiger partial charge in [-0.2, -0.15) is 0 Å². The zero-order valence-electron chi connectivity index (χ0n) is 36.6. The molecule has 9 rings (SSSR count). The predicted octanol–water partition coefficient (Wildman–Crippen LogP) is 13.6. The fraction of sp³-hybridized carbons (Fsp3) is 0.148. The van der Waals surface area contributed by atoms with Gasteiger partial charge in [0.15, 0.2) is 11.6 Å². The van der Waals surface area contributed by atoms with Gasteiger partial charge in [-0.1, -0.05) is 78.9 Å². The second-order valence-corrected chi connectivity index (χ2v) is 16.1. The van der Waals surface area contributed by atoms with Crippen molar-refractivity contribution in [2.24, 2.45) is 4.99 Å². The van der Waals surface area contributed by atoms with Crippen LogP contribution in [0.2, 0.25) is 0 Å². The van der Waals surface area contributed by atoms with Crippen molar-refractivity contribution in [3.63, 3.8) is 0 Å². The Kier molecular flexibility index (Phi) is 10.4. The maximum Gasteiger partial charge on any atom is 0.166 e. The Bertz CT molecular complexity index is 2920.